The SMILES string of the molecule is Cn1ncc2ccc(C(O)C3COC(C)(C)N3C(=O)OCc3ccccc3)cc21. The van der Waals surface area contributed by atoms with Crippen molar-refractivity contribution in [3.63, 3.8) is 0 Å². The molecule has 1 N–H and O–H groups in total. The molecule has 3 aromatic rings. The second-order valence-electron chi connectivity index (χ2n) is 7.77. The Labute approximate surface area is 169 Å². The lowest BCUT2D eigenvalue weighted by Gasteiger charge is -2.34. The van der Waals surface area contributed by atoms with Gasteiger partial charge in [0.2, 0.25) is 0 Å². The number of rotatable bonds is 4. The average Bonchev–Trinajstić information content (AvgIpc) is 3.25. The van der Waals surface area contributed by atoms with Gasteiger partial charge in [0.05, 0.1) is 24.4 Å². The van der Waals surface area contributed by atoms with Gasteiger partial charge in [-0.2, -0.15) is 5.10 Å². The second-order valence-corrected chi connectivity index (χ2v) is 7.77. The summed E-state index contributed by atoms with van der Waals surface area (Å²) in [5.41, 5.74) is 1.64. The smallest absolute Gasteiger partial charge is 0.412 e. The van der Waals surface area contributed by atoms with Crippen molar-refractivity contribution >= 4 is 17.0 Å². The Morgan fingerprint density at radius 3 is 2.83 bits per heavy atom. The number of fused-ring (bicyclic) bond motifs is 1. The molecule has 0 aliphatic carbocycles. The molecule has 2 unspecified atom stereocenters. The van der Waals surface area contributed by atoms with E-state index < -0.39 is 24.0 Å². The number of benzene rings is 2. The largest absolute Gasteiger partial charge is 0.444 e. The maximum Gasteiger partial charge on any atom is 0.412 e. The van der Waals surface area contributed by atoms with Crippen LogP contribution in [0, 0.1) is 0 Å². The summed E-state index contributed by atoms with van der Waals surface area (Å²) in [6.07, 6.45) is 0.350. The topological polar surface area (TPSA) is 76.8 Å². The highest BCUT2D eigenvalue weighted by Gasteiger charge is 2.48. The highest BCUT2D eigenvalue weighted by molar-refractivity contribution is 5.79. The number of carbonyl (C=O) groups excluding carboxylic acids is 1. The van der Waals surface area contributed by atoms with Gasteiger partial charge in [-0.3, -0.25) is 9.58 Å². The molecule has 1 saturated heterocycles. The van der Waals surface area contributed by atoms with E-state index in [0.717, 1.165) is 16.5 Å². The zero-order valence-corrected chi connectivity index (χ0v) is 16.8. The first kappa shape index (κ1) is 19.4. The van der Waals surface area contributed by atoms with Crippen LogP contribution >= 0.6 is 0 Å². The molecule has 0 bridgehead atoms. The van der Waals surface area contributed by atoms with Crippen molar-refractivity contribution in [2.24, 2.45) is 7.05 Å². The van der Waals surface area contributed by atoms with Crippen LogP contribution in [0.15, 0.2) is 54.7 Å². The number of carbonyl (C=O) groups is 1. The summed E-state index contributed by atoms with van der Waals surface area (Å²) >= 11 is 0. The van der Waals surface area contributed by atoms with E-state index in [9.17, 15) is 9.90 Å². The number of nitrogens with zero attached hydrogens (tertiary/aromatic N) is 3. The van der Waals surface area contributed by atoms with Gasteiger partial charge >= 0.3 is 6.09 Å². The lowest BCUT2D eigenvalue weighted by atomic mass is 10.0. The van der Waals surface area contributed by atoms with Crippen LogP contribution in [0.3, 0.4) is 0 Å². The molecule has 0 spiro atoms. The minimum atomic E-state index is -0.916. The van der Waals surface area contributed by atoms with Crippen molar-refractivity contribution in [3.05, 3.63) is 65.9 Å². The number of hydrogen-bond donors (Lipinski definition) is 1. The Morgan fingerprint density at radius 2 is 2.07 bits per heavy atom. The molecule has 2 aromatic carbocycles. The average molecular weight is 395 g/mol. The summed E-state index contributed by atoms with van der Waals surface area (Å²) in [6.45, 7) is 3.98. The molecule has 2 heterocycles. The number of aryl methyl sites for hydroxylation is 1. The van der Waals surface area contributed by atoms with Crippen LogP contribution in [0.5, 0.6) is 0 Å². The Hall–Kier alpha value is -2.90. The van der Waals surface area contributed by atoms with E-state index in [0.29, 0.717) is 5.56 Å². The molecule has 1 aliphatic rings. The Bertz CT molecular complexity index is 1020. The van der Waals surface area contributed by atoms with E-state index in [1.54, 1.807) is 24.7 Å². The van der Waals surface area contributed by atoms with E-state index in [2.05, 4.69) is 5.10 Å². The van der Waals surface area contributed by atoms with E-state index in [1.165, 1.54) is 4.90 Å². The first-order chi connectivity index (χ1) is 13.9. The van der Waals surface area contributed by atoms with Crippen LogP contribution in [-0.4, -0.2) is 44.3 Å². The summed E-state index contributed by atoms with van der Waals surface area (Å²) in [5.74, 6) is 0. The summed E-state index contributed by atoms with van der Waals surface area (Å²) in [5, 5.41) is 16.3. The molecular formula is C22H25N3O4. The van der Waals surface area contributed by atoms with E-state index in [1.807, 2.05) is 55.6 Å². The van der Waals surface area contributed by atoms with E-state index in [-0.39, 0.29) is 13.2 Å². The fourth-order valence-electron chi connectivity index (χ4n) is 3.78. The maximum absolute atomic E-state index is 12.9. The van der Waals surface area contributed by atoms with Gasteiger partial charge in [-0.05, 0) is 31.0 Å². The number of ether oxygens (including phenoxy) is 2. The van der Waals surface area contributed by atoms with Gasteiger partial charge in [-0.25, -0.2) is 4.79 Å². The van der Waals surface area contributed by atoms with Crippen LogP contribution in [-0.2, 0) is 23.1 Å². The van der Waals surface area contributed by atoms with E-state index in [4.69, 9.17) is 9.47 Å². The molecule has 4 rings (SSSR count). The monoisotopic (exact) mass is 395 g/mol. The van der Waals surface area contributed by atoms with Gasteiger partial charge < -0.3 is 14.6 Å². The van der Waals surface area contributed by atoms with Crippen molar-refractivity contribution in [3.8, 4) is 0 Å². The molecule has 1 fully saturated rings. The predicted molar refractivity (Wildman–Crippen MR) is 108 cm³/mol. The van der Waals surface area contributed by atoms with Crippen LogP contribution in [0.2, 0.25) is 0 Å². The minimum absolute atomic E-state index is 0.163. The Morgan fingerprint density at radius 1 is 1.31 bits per heavy atom. The Kier molecular flexibility index (Phi) is 5.02. The number of aliphatic hydroxyl groups excluding tert-OH is 1. The van der Waals surface area contributed by atoms with Gasteiger partial charge in [0.1, 0.15) is 18.4 Å². The molecule has 1 aliphatic heterocycles. The molecular weight excluding hydrogens is 370 g/mol. The van der Waals surface area contributed by atoms with Crippen molar-refractivity contribution in [2.45, 2.75) is 38.3 Å². The van der Waals surface area contributed by atoms with Crippen molar-refractivity contribution in [1.82, 2.24) is 14.7 Å². The van der Waals surface area contributed by atoms with Crippen LogP contribution in [0.1, 0.15) is 31.1 Å². The van der Waals surface area contributed by atoms with Gasteiger partial charge in [0.25, 0.3) is 0 Å². The summed E-state index contributed by atoms with van der Waals surface area (Å²) in [6, 6.07) is 14.6. The second kappa shape index (κ2) is 7.50. The zero-order valence-electron chi connectivity index (χ0n) is 16.8. The van der Waals surface area contributed by atoms with Gasteiger partial charge in [0, 0.05) is 12.4 Å². The number of aromatic nitrogens is 2. The quantitative estimate of drug-likeness (QED) is 0.733. The third-order valence-electron chi connectivity index (χ3n) is 5.40. The predicted octanol–water partition coefficient (Wildman–Crippen LogP) is 3.38. The van der Waals surface area contributed by atoms with Gasteiger partial charge in [-0.1, -0.05) is 42.5 Å². The van der Waals surface area contributed by atoms with Crippen molar-refractivity contribution in [2.75, 3.05) is 6.61 Å². The third kappa shape index (κ3) is 3.71. The normalized spacial score (nSPS) is 19.4. The van der Waals surface area contributed by atoms with Crippen molar-refractivity contribution < 1.29 is 19.4 Å². The standard InChI is InChI=1S/C22H25N3O4/c1-22(2)25(21(27)28-13-15-7-5-4-6-8-15)19(14-29-22)20(26)16-9-10-17-12-23-24(3)18(17)11-16/h4-12,19-20,26H,13-14H2,1-3H3. The molecule has 7 heteroatoms. The third-order valence-corrected chi connectivity index (χ3v) is 5.40. The Balaban J connectivity index is 1.55. The van der Waals surface area contributed by atoms with E-state index >= 15 is 0 Å². The minimum Gasteiger partial charge on any atom is -0.444 e. The fraction of sp³-hybridized carbons (Fsp3) is 0.364. The highest BCUT2D eigenvalue weighted by Crippen LogP contribution is 2.35. The van der Waals surface area contributed by atoms with Crippen LogP contribution in [0.4, 0.5) is 4.79 Å². The number of amides is 1. The first-order valence-electron chi connectivity index (χ1n) is 9.60. The molecule has 0 radical (unpaired) electrons. The fourth-order valence-corrected chi connectivity index (χ4v) is 3.78. The molecule has 0 saturated carbocycles. The maximum atomic E-state index is 12.9. The van der Waals surface area contributed by atoms with Crippen LogP contribution < -0.4 is 0 Å². The molecule has 29 heavy (non-hydrogen) atoms. The summed E-state index contributed by atoms with van der Waals surface area (Å²) < 4.78 is 13.1. The molecule has 2 atom stereocenters. The molecule has 1 amide bonds. The molecule has 1 aromatic heterocycles. The van der Waals surface area contributed by atoms with Gasteiger partial charge in [-0.15, -0.1) is 0 Å². The van der Waals surface area contributed by atoms with Crippen LogP contribution in [0.25, 0.3) is 10.9 Å². The lowest BCUT2D eigenvalue weighted by Crippen LogP contribution is -2.50. The number of hydrogen-bond acceptors (Lipinski definition) is 5. The summed E-state index contributed by atoms with van der Waals surface area (Å²) in [4.78, 5) is 14.4. The lowest BCUT2D eigenvalue weighted by molar-refractivity contribution is -0.0543. The molecule has 152 valence electrons. The molecule has 7 nitrogen and oxygen atoms in total. The first-order valence-corrected chi connectivity index (χ1v) is 9.60. The van der Waals surface area contributed by atoms with Gasteiger partial charge in [0.15, 0.2) is 0 Å². The zero-order chi connectivity index (χ0) is 20.6. The van der Waals surface area contributed by atoms with Crippen molar-refractivity contribution in [1.29, 1.82) is 0 Å². The summed E-state index contributed by atoms with van der Waals surface area (Å²) in [7, 11) is 1.85. The number of aliphatic hydroxyl groups is 1. The highest BCUT2D eigenvalue weighted by atomic mass is 16.6.